The maximum Gasteiger partial charge on any atom is 0.0178 e. The van der Waals surface area contributed by atoms with Gasteiger partial charge in [-0.25, -0.2) is 0 Å². The first-order valence-corrected chi connectivity index (χ1v) is 8.50. The van der Waals surface area contributed by atoms with Crippen molar-refractivity contribution in [1.29, 1.82) is 0 Å². The summed E-state index contributed by atoms with van der Waals surface area (Å²) in [7, 11) is 0. The molecule has 19 heavy (non-hydrogen) atoms. The molecule has 1 N–H and O–H groups in total. The summed E-state index contributed by atoms with van der Waals surface area (Å²) in [4.78, 5) is 0. The number of hydrogen-bond donors (Lipinski definition) is 1. The number of halogens is 1. The zero-order valence-electron chi connectivity index (χ0n) is 11.2. The van der Waals surface area contributed by atoms with E-state index in [2.05, 4.69) is 69.3 Å². The molecule has 3 heteroatoms. The lowest BCUT2D eigenvalue weighted by atomic mass is 10.00. The highest BCUT2D eigenvalue weighted by Crippen LogP contribution is 2.16. The lowest BCUT2D eigenvalue weighted by Gasteiger charge is -2.18. The van der Waals surface area contributed by atoms with E-state index in [0.717, 1.165) is 23.9 Å². The Kier molecular flexibility index (Phi) is 6.08. The molecule has 102 valence electrons. The minimum atomic E-state index is 0.555. The minimum Gasteiger partial charge on any atom is -0.314 e. The van der Waals surface area contributed by atoms with Gasteiger partial charge < -0.3 is 5.32 Å². The number of rotatable bonds is 7. The summed E-state index contributed by atoms with van der Waals surface area (Å²) >= 11 is 5.33. The highest BCUT2D eigenvalue weighted by Gasteiger charge is 2.09. The van der Waals surface area contributed by atoms with Gasteiger partial charge in [-0.1, -0.05) is 35.0 Å². The SMILES string of the molecule is CCNC(CCc1ccsc1)Cc1cccc(Br)c1. The molecule has 0 aliphatic carbocycles. The second-order valence-corrected chi connectivity index (χ2v) is 6.45. The summed E-state index contributed by atoms with van der Waals surface area (Å²) in [6.07, 6.45) is 3.45. The number of nitrogens with one attached hydrogen (secondary N) is 1. The Hall–Kier alpha value is -0.640. The van der Waals surface area contributed by atoms with Gasteiger partial charge in [-0.3, -0.25) is 0 Å². The van der Waals surface area contributed by atoms with Crippen LogP contribution >= 0.6 is 27.3 Å². The first-order valence-electron chi connectivity index (χ1n) is 6.77. The van der Waals surface area contributed by atoms with Gasteiger partial charge in [0.1, 0.15) is 0 Å². The standard InChI is InChI=1S/C16H20BrNS/c1-2-18-16(7-6-13-8-9-19-12-13)11-14-4-3-5-15(17)10-14/h3-5,8-10,12,16,18H,2,6-7,11H2,1H3. The molecule has 2 rings (SSSR count). The average molecular weight is 338 g/mol. The summed E-state index contributed by atoms with van der Waals surface area (Å²) in [6.45, 7) is 3.21. The Morgan fingerprint density at radius 1 is 1.26 bits per heavy atom. The lowest BCUT2D eigenvalue weighted by molar-refractivity contribution is 0.491. The van der Waals surface area contributed by atoms with Gasteiger partial charge in [0.25, 0.3) is 0 Å². The third-order valence-electron chi connectivity index (χ3n) is 3.23. The zero-order chi connectivity index (χ0) is 13.5. The summed E-state index contributed by atoms with van der Waals surface area (Å²) in [5.74, 6) is 0. The van der Waals surface area contributed by atoms with Crippen molar-refractivity contribution in [2.45, 2.75) is 32.2 Å². The quantitative estimate of drug-likeness (QED) is 0.774. The fraction of sp³-hybridized carbons (Fsp3) is 0.375. The molecule has 0 bridgehead atoms. The molecule has 1 aromatic carbocycles. The van der Waals surface area contributed by atoms with Crippen LogP contribution in [0.1, 0.15) is 24.5 Å². The van der Waals surface area contributed by atoms with E-state index >= 15 is 0 Å². The molecule has 0 spiro atoms. The molecule has 0 fully saturated rings. The molecule has 1 nitrogen and oxygen atoms in total. The van der Waals surface area contributed by atoms with Crippen molar-refractivity contribution in [1.82, 2.24) is 5.32 Å². The Bertz CT molecular complexity index is 481. The second-order valence-electron chi connectivity index (χ2n) is 4.76. The Morgan fingerprint density at radius 2 is 2.16 bits per heavy atom. The van der Waals surface area contributed by atoms with Crippen LogP contribution < -0.4 is 5.32 Å². The number of likely N-dealkylation sites (N-methyl/N-ethyl adjacent to an activating group) is 1. The fourth-order valence-electron chi connectivity index (χ4n) is 2.29. The van der Waals surface area contributed by atoms with Gasteiger partial charge in [0, 0.05) is 10.5 Å². The number of hydrogen-bond acceptors (Lipinski definition) is 2. The average Bonchev–Trinajstić information content (AvgIpc) is 2.89. The van der Waals surface area contributed by atoms with Crippen LogP contribution in [0.5, 0.6) is 0 Å². The van der Waals surface area contributed by atoms with Crippen LogP contribution in [0.2, 0.25) is 0 Å². The van der Waals surface area contributed by atoms with E-state index < -0.39 is 0 Å². The molecule has 2 aromatic rings. The van der Waals surface area contributed by atoms with E-state index in [1.54, 1.807) is 11.3 Å². The summed E-state index contributed by atoms with van der Waals surface area (Å²) in [5, 5.41) is 8.01. The van der Waals surface area contributed by atoms with Crippen molar-refractivity contribution in [3.63, 3.8) is 0 Å². The maximum absolute atomic E-state index is 3.60. The predicted octanol–water partition coefficient (Wildman–Crippen LogP) is 4.66. The zero-order valence-corrected chi connectivity index (χ0v) is 13.6. The van der Waals surface area contributed by atoms with Gasteiger partial charge in [-0.15, -0.1) is 0 Å². The van der Waals surface area contributed by atoms with Crippen molar-refractivity contribution < 1.29 is 0 Å². The van der Waals surface area contributed by atoms with Crippen LogP contribution in [-0.4, -0.2) is 12.6 Å². The molecular weight excluding hydrogens is 318 g/mol. The van der Waals surface area contributed by atoms with E-state index in [0.29, 0.717) is 6.04 Å². The third-order valence-corrected chi connectivity index (χ3v) is 4.45. The molecule has 0 saturated heterocycles. The second kappa shape index (κ2) is 7.83. The molecule has 1 aromatic heterocycles. The summed E-state index contributed by atoms with van der Waals surface area (Å²) in [6, 6.07) is 11.4. The van der Waals surface area contributed by atoms with Gasteiger partial charge in [0.05, 0.1) is 0 Å². The Balaban J connectivity index is 1.91. The van der Waals surface area contributed by atoms with Gasteiger partial charge >= 0.3 is 0 Å². The van der Waals surface area contributed by atoms with Crippen molar-refractivity contribution in [3.05, 3.63) is 56.7 Å². The summed E-state index contributed by atoms with van der Waals surface area (Å²) < 4.78 is 1.16. The molecular formula is C16H20BrNS. The monoisotopic (exact) mass is 337 g/mol. The minimum absolute atomic E-state index is 0.555. The van der Waals surface area contributed by atoms with Crippen molar-refractivity contribution >= 4 is 27.3 Å². The van der Waals surface area contributed by atoms with Crippen LogP contribution in [0.3, 0.4) is 0 Å². The molecule has 1 heterocycles. The van der Waals surface area contributed by atoms with Crippen LogP contribution in [0.25, 0.3) is 0 Å². The molecule has 0 saturated carbocycles. The first-order chi connectivity index (χ1) is 9.28. The van der Waals surface area contributed by atoms with Crippen LogP contribution in [-0.2, 0) is 12.8 Å². The van der Waals surface area contributed by atoms with Crippen molar-refractivity contribution in [2.24, 2.45) is 0 Å². The topological polar surface area (TPSA) is 12.0 Å². The predicted molar refractivity (Wildman–Crippen MR) is 88.0 cm³/mol. The molecule has 1 atom stereocenters. The van der Waals surface area contributed by atoms with Crippen LogP contribution in [0.4, 0.5) is 0 Å². The van der Waals surface area contributed by atoms with Crippen molar-refractivity contribution in [2.75, 3.05) is 6.54 Å². The first kappa shape index (κ1) is 14.8. The van der Waals surface area contributed by atoms with E-state index in [4.69, 9.17) is 0 Å². The smallest absolute Gasteiger partial charge is 0.0178 e. The van der Waals surface area contributed by atoms with E-state index in [-0.39, 0.29) is 0 Å². The Labute approximate surface area is 128 Å². The van der Waals surface area contributed by atoms with Crippen LogP contribution in [0.15, 0.2) is 45.6 Å². The Morgan fingerprint density at radius 3 is 2.84 bits per heavy atom. The number of aryl methyl sites for hydroxylation is 1. The normalized spacial score (nSPS) is 12.5. The largest absolute Gasteiger partial charge is 0.314 e. The highest BCUT2D eigenvalue weighted by atomic mass is 79.9. The molecule has 0 aliphatic heterocycles. The maximum atomic E-state index is 3.60. The highest BCUT2D eigenvalue weighted by molar-refractivity contribution is 9.10. The summed E-state index contributed by atoms with van der Waals surface area (Å²) in [5.41, 5.74) is 2.85. The van der Waals surface area contributed by atoms with E-state index in [9.17, 15) is 0 Å². The van der Waals surface area contributed by atoms with Crippen molar-refractivity contribution in [3.8, 4) is 0 Å². The van der Waals surface area contributed by atoms with Gasteiger partial charge in [-0.2, -0.15) is 11.3 Å². The molecule has 0 aliphatic rings. The number of thiophene rings is 1. The van der Waals surface area contributed by atoms with E-state index in [1.807, 2.05) is 0 Å². The molecule has 0 radical (unpaired) electrons. The van der Waals surface area contributed by atoms with Gasteiger partial charge in [0.15, 0.2) is 0 Å². The molecule has 1 unspecified atom stereocenters. The fourth-order valence-corrected chi connectivity index (χ4v) is 3.44. The molecule has 0 amide bonds. The van der Waals surface area contributed by atoms with Crippen LogP contribution in [0, 0.1) is 0 Å². The number of benzene rings is 1. The van der Waals surface area contributed by atoms with Gasteiger partial charge in [-0.05, 0) is 65.9 Å². The lowest BCUT2D eigenvalue weighted by Crippen LogP contribution is -2.31. The third kappa shape index (κ3) is 5.09. The van der Waals surface area contributed by atoms with E-state index in [1.165, 1.54) is 17.5 Å². The van der Waals surface area contributed by atoms with Gasteiger partial charge in [0.2, 0.25) is 0 Å².